The lowest BCUT2D eigenvalue weighted by atomic mass is 9.90. The Morgan fingerprint density at radius 3 is 2.28 bits per heavy atom. The standard InChI is InChI=1S/C28H28FN3O2S.ClH/c29-23-12-13-24-25(20-23)35-28(30-24)32(15-7-14-31-16-18-34-19-17-31)27(33)26(21-8-3-1-4-9-21)22-10-5-2-6-11-22;/h1-6,8-13,20,26H,7,14-19H2;1H. The van der Waals surface area contributed by atoms with E-state index in [1.54, 1.807) is 11.0 Å². The summed E-state index contributed by atoms with van der Waals surface area (Å²) in [7, 11) is 0. The Labute approximate surface area is 220 Å². The van der Waals surface area contributed by atoms with Gasteiger partial charge < -0.3 is 4.74 Å². The number of morpholine rings is 1. The smallest absolute Gasteiger partial charge is 0.240 e. The monoisotopic (exact) mass is 525 g/mol. The van der Waals surface area contributed by atoms with Crippen LogP contribution in [0.1, 0.15) is 23.5 Å². The number of ether oxygens (including phenoxy) is 1. The number of anilines is 1. The van der Waals surface area contributed by atoms with E-state index in [-0.39, 0.29) is 24.1 Å². The lowest BCUT2D eigenvalue weighted by molar-refractivity contribution is -0.119. The highest BCUT2D eigenvalue weighted by Crippen LogP contribution is 2.34. The van der Waals surface area contributed by atoms with E-state index >= 15 is 0 Å². The largest absolute Gasteiger partial charge is 0.379 e. The summed E-state index contributed by atoms with van der Waals surface area (Å²) in [6.07, 6.45) is 0.812. The third-order valence-corrected chi connectivity index (χ3v) is 7.35. The molecule has 0 radical (unpaired) electrons. The first kappa shape index (κ1) is 26.2. The number of carbonyl (C=O) groups is 1. The van der Waals surface area contributed by atoms with Gasteiger partial charge in [0.2, 0.25) is 5.91 Å². The van der Waals surface area contributed by atoms with Gasteiger partial charge in [0.25, 0.3) is 0 Å². The number of hydrogen-bond acceptors (Lipinski definition) is 5. The Morgan fingerprint density at radius 2 is 1.64 bits per heavy atom. The van der Waals surface area contributed by atoms with Gasteiger partial charge in [-0.25, -0.2) is 9.37 Å². The molecular weight excluding hydrogens is 497 g/mol. The highest BCUT2D eigenvalue weighted by Gasteiger charge is 2.30. The fourth-order valence-electron chi connectivity index (χ4n) is 4.50. The summed E-state index contributed by atoms with van der Waals surface area (Å²) >= 11 is 1.36. The molecule has 1 aliphatic rings. The van der Waals surface area contributed by atoms with Crippen LogP contribution in [-0.2, 0) is 9.53 Å². The van der Waals surface area contributed by atoms with E-state index in [1.165, 1.54) is 23.5 Å². The second-order valence-corrected chi connectivity index (χ2v) is 9.67. The van der Waals surface area contributed by atoms with Crippen molar-refractivity contribution < 1.29 is 13.9 Å². The van der Waals surface area contributed by atoms with Crippen LogP contribution in [0.5, 0.6) is 0 Å². The van der Waals surface area contributed by atoms with Gasteiger partial charge in [0.1, 0.15) is 5.82 Å². The molecule has 1 saturated heterocycles. The van der Waals surface area contributed by atoms with Gasteiger partial charge in [-0.1, -0.05) is 72.0 Å². The number of rotatable bonds is 8. The molecule has 2 heterocycles. The lowest BCUT2D eigenvalue weighted by Crippen LogP contribution is -2.40. The average molecular weight is 526 g/mol. The van der Waals surface area contributed by atoms with Crippen molar-refractivity contribution in [1.29, 1.82) is 0 Å². The predicted molar refractivity (Wildman–Crippen MR) is 146 cm³/mol. The van der Waals surface area contributed by atoms with Gasteiger partial charge in [0.05, 0.1) is 29.3 Å². The Bertz CT molecular complexity index is 1230. The molecule has 0 N–H and O–H groups in total. The molecule has 1 fully saturated rings. The van der Waals surface area contributed by atoms with E-state index in [9.17, 15) is 9.18 Å². The average Bonchev–Trinajstić information content (AvgIpc) is 3.31. The molecule has 5 nitrogen and oxygen atoms in total. The molecule has 0 atom stereocenters. The first-order valence-electron chi connectivity index (χ1n) is 12.0. The van der Waals surface area contributed by atoms with Crippen molar-refractivity contribution in [3.8, 4) is 0 Å². The number of carbonyl (C=O) groups excluding carboxylic acids is 1. The van der Waals surface area contributed by atoms with Crippen LogP contribution in [-0.4, -0.2) is 55.2 Å². The van der Waals surface area contributed by atoms with Crippen molar-refractivity contribution in [3.05, 3.63) is 95.8 Å². The Hall–Kier alpha value is -2.84. The van der Waals surface area contributed by atoms with Gasteiger partial charge in [-0.3, -0.25) is 14.6 Å². The maximum Gasteiger partial charge on any atom is 0.240 e. The highest BCUT2D eigenvalue weighted by atomic mass is 35.5. The molecule has 5 rings (SSSR count). The molecule has 1 aliphatic heterocycles. The molecule has 3 aromatic carbocycles. The molecule has 0 saturated carbocycles. The minimum Gasteiger partial charge on any atom is -0.379 e. The summed E-state index contributed by atoms with van der Waals surface area (Å²) < 4.78 is 20.1. The van der Waals surface area contributed by atoms with E-state index in [2.05, 4.69) is 4.90 Å². The number of thiazole rings is 1. The van der Waals surface area contributed by atoms with Crippen LogP contribution in [0, 0.1) is 5.82 Å². The minimum absolute atomic E-state index is 0. The minimum atomic E-state index is -0.454. The zero-order valence-corrected chi connectivity index (χ0v) is 21.5. The van der Waals surface area contributed by atoms with Crippen LogP contribution in [0.2, 0.25) is 0 Å². The van der Waals surface area contributed by atoms with Crippen molar-refractivity contribution >= 4 is 45.0 Å². The van der Waals surface area contributed by atoms with Crippen LogP contribution < -0.4 is 4.90 Å². The predicted octanol–water partition coefficient (Wildman–Crippen LogP) is 5.74. The van der Waals surface area contributed by atoms with Crippen molar-refractivity contribution in [2.75, 3.05) is 44.3 Å². The maximum absolute atomic E-state index is 14.3. The number of halogens is 2. The van der Waals surface area contributed by atoms with E-state index < -0.39 is 5.92 Å². The van der Waals surface area contributed by atoms with Gasteiger partial charge in [0.15, 0.2) is 5.13 Å². The van der Waals surface area contributed by atoms with E-state index in [4.69, 9.17) is 9.72 Å². The van der Waals surface area contributed by atoms with Crippen LogP contribution in [0.15, 0.2) is 78.9 Å². The molecule has 0 bridgehead atoms. The number of fused-ring (bicyclic) bond motifs is 1. The molecule has 8 heteroatoms. The van der Waals surface area contributed by atoms with E-state index in [1.807, 2.05) is 60.7 Å². The zero-order valence-electron chi connectivity index (χ0n) is 19.9. The number of aromatic nitrogens is 1. The number of amides is 1. The summed E-state index contributed by atoms with van der Waals surface area (Å²) in [5, 5.41) is 0.606. The Balaban J connectivity index is 0.00000304. The molecule has 4 aromatic rings. The van der Waals surface area contributed by atoms with Crippen molar-refractivity contribution in [2.24, 2.45) is 0 Å². The van der Waals surface area contributed by atoms with Gasteiger partial charge >= 0.3 is 0 Å². The SMILES string of the molecule is Cl.O=C(C(c1ccccc1)c1ccccc1)N(CCCN1CCOCC1)c1nc2ccc(F)cc2s1. The number of hydrogen-bond donors (Lipinski definition) is 0. The maximum atomic E-state index is 14.3. The second-order valence-electron chi connectivity index (χ2n) is 8.66. The molecule has 188 valence electrons. The van der Waals surface area contributed by atoms with Gasteiger partial charge in [-0.15, -0.1) is 12.4 Å². The van der Waals surface area contributed by atoms with Crippen molar-refractivity contribution in [2.45, 2.75) is 12.3 Å². The Kier molecular flexibility index (Phi) is 9.04. The Morgan fingerprint density at radius 1 is 1.00 bits per heavy atom. The third-order valence-electron chi connectivity index (χ3n) is 6.31. The molecular formula is C28H29ClFN3O2S. The lowest BCUT2D eigenvalue weighted by Gasteiger charge is -2.29. The summed E-state index contributed by atoms with van der Waals surface area (Å²) in [5.41, 5.74) is 2.58. The van der Waals surface area contributed by atoms with Gasteiger partial charge in [0, 0.05) is 26.2 Å². The van der Waals surface area contributed by atoms with Gasteiger partial charge in [-0.2, -0.15) is 0 Å². The van der Waals surface area contributed by atoms with Crippen LogP contribution in [0.25, 0.3) is 10.2 Å². The molecule has 36 heavy (non-hydrogen) atoms. The summed E-state index contributed by atoms with van der Waals surface area (Å²) in [6, 6.07) is 24.3. The van der Waals surface area contributed by atoms with E-state index in [0.29, 0.717) is 17.2 Å². The summed E-state index contributed by atoms with van der Waals surface area (Å²) in [6.45, 7) is 4.73. The van der Waals surface area contributed by atoms with Crippen molar-refractivity contribution in [1.82, 2.24) is 9.88 Å². The third kappa shape index (κ3) is 6.10. The van der Waals surface area contributed by atoms with E-state index in [0.717, 1.165) is 55.1 Å². The molecule has 1 amide bonds. The van der Waals surface area contributed by atoms with Crippen LogP contribution in [0.4, 0.5) is 9.52 Å². The quantitative estimate of drug-likeness (QED) is 0.294. The van der Waals surface area contributed by atoms with Crippen LogP contribution >= 0.6 is 23.7 Å². The normalized spacial score (nSPS) is 14.1. The number of benzene rings is 3. The molecule has 0 aliphatic carbocycles. The number of nitrogens with zero attached hydrogens (tertiary/aromatic N) is 3. The molecule has 0 spiro atoms. The topological polar surface area (TPSA) is 45.7 Å². The highest BCUT2D eigenvalue weighted by molar-refractivity contribution is 7.22. The first-order chi connectivity index (χ1) is 17.2. The zero-order chi connectivity index (χ0) is 24.0. The van der Waals surface area contributed by atoms with Crippen LogP contribution in [0.3, 0.4) is 0 Å². The molecule has 0 unspecified atom stereocenters. The second kappa shape index (κ2) is 12.4. The summed E-state index contributed by atoms with van der Waals surface area (Å²) in [5.74, 6) is -0.780. The first-order valence-corrected chi connectivity index (χ1v) is 12.8. The van der Waals surface area contributed by atoms with Gasteiger partial charge in [-0.05, 0) is 35.7 Å². The van der Waals surface area contributed by atoms with Crippen molar-refractivity contribution in [3.63, 3.8) is 0 Å². The fourth-order valence-corrected chi connectivity index (χ4v) is 5.53. The fraction of sp³-hybridized carbons (Fsp3) is 0.286. The summed E-state index contributed by atoms with van der Waals surface area (Å²) in [4.78, 5) is 23.2. The molecule has 1 aromatic heterocycles.